The van der Waals surface area contributed by atoms with Crippen molar-refractivity contribution >= 4 is 27.6 Å². The molecular formula is C20H23ClN2O4S. The van der Waals surface area contributed by atoms with Crippen molar-refractivity contribution < 1.29 is 17.9 Å². The molecule has 150 valence electrons. The zero-order valence-electron chi connectivity index (χ0n) is 15.6. The zero-order valence-corrected chi connectivity index (χ0v) is 17.2. The van der Waals surface area contributed by atoms with E-state index in [0.717, 1.165) is 31.5 Å². The smallest absolute Gasteiger partial charge is 0.337 e. The van der Waals surface area contributed by atoms with Gasteiger partial charge in [0.2, 0.25) is 10.0 Å². The van der Waals surface area contributed by atoms with E-state index in [-0.39, 0.29) is 28.1 Å². The molecule has 1 aliphatic rings. The number of sulfonamides is 1. The summed E-state index contributed by atoms with van der Waals surface area (Å²) < 4.78 is 33.1. The third-order valence-electron chi connectivity index (χ3n) is 4.87. The van der Waals surface area contributed by atoms with Gasteiger partial charge in [-0.1, -0.05) is 41.9 Å². The lowest BCUT2D eigenvalue weighted by Gasteiger charge is -2.28. The molecule has 1 heterocycles. The number of carbonyl (C=O) groups is 1. The number of hydrogen-bond donors (Lipinski definition) is 1. The maximum atomic E-state index is 12.9. The van der Waals surface area contributed by atoms with E-state index in [4.69, 9.17) is 11.6 Å². The Balaban J connectivity index is 1.84. The molecule has 0 aromatic heterocycles. The Morgan fingerprint density at radius 1 is 1.18 bits per heavy atom. The van der Waals surface area contributed by atoms with Gasteiger partial charge in [-0.05, 0) is 49.7 Å². The van der Waals surface area contributed by atoms with Crippen LogP contribution < -0.4 is 4.72 Å². The van der Waals surface area contributed by atoms with E-state index in [2.05, 4.69) is 14.4 Å². The van der Waals surface area contributed by atoms with Gasteiger partial charge in [-0.15, -0.1) is 0 Å². The fraction of sp³-hybridized carbons (Fsp3) is 0.350. The molecule has 6 nitrogen and oxygen atoms in total. The number of ether oxygens (including phenoxy) is 1. The Hall–Kier alpha value is -1.93. The number of nitrogens with zero attached hydrogens (tertiary/aromatic N) is 1. The Bertz CT molecular complexity index is 928. The van der Waals surface area contributed by atoms with Crippen molar-refractivity contribution in [3.63, 3.8) is 0 Å². The molecule has 0 bridgehead atoms. The van der Waals surface area contributed by atoms with Crippen LogP contribution in [0.25, 0.3) is 0 Å². The Labute approximate surface area is 170 Å². The van der Waals surface area contributed by atoms with Gasteiger partial charge in [-0.25, -0.2) is 17.9 Å². The zero-order chi connectivity index (χ0) is 20.1. The fourth-order valence-corrected chi connectivity index (χ4v) is 4.97. The van der Waals surface area contributed by atoms with Crippen molar-refractivity contribution in [1.29, 1.82) is 0 Å². The van der Waals surface area contributed by atoms with Gasteiger partial charge < -0.3 is 4.74 Å². The van der Waals surface area contributed by atoms with Gasteiger partial charge in [0, 0.05) is 12.6 Å². The van der Waals surface area contributed by atoms with Crippen LogP contribution in [0.2, 0.25) is 5.02 Å². The first-order valence-corrected chi connectivity index (χ1v) is 10.9. The molecule has 1 fully saturated rings. The third-order valence-corrected chi connectivity index (χ3v) is 6.78. The molecule has 2 aromatic rings. The van der Waals surface area contributed by atoms with Crippen LogP contribution in [0.1, 0.15) is 34.8 Å². The highest BCUT2D eigenvalue weighted by Gasteiger charge is 2.27. The SMILES string of the molecule is COC(=O)c1ccc(Cl)c(S(=O)(=O)NCC(c2ccccc2)N2CCCC2)c1. The predicted octanol–water partition coefficient (Wildman–Crippen LogP) is 3.24. The summed E-state index contributed by atoms with van der Waals surface area (Å²) in [4.78, 5) is 13.9. The first kappa shape index (κ1) is 20.8. The monoisotopic (exact) mass is 422 g/mol. The molecule has 0 aliphatic carbocycles. The summed E-state index contributed by atoms with van der Waals surface area (Å²) in [6.45, 7) is 2.07. The van der Waals surface area contributed by atoms with Crippen molar-refractivity contribution in [1.82, 2.24) is 9.62 Å². The first-order chi connectivity index (χ1) is 13.4. The van der Waals surface area contributed by atoms with E-state index in [0.29, 0.717) is 0 Å². The van der Waals surface area contributed by atoms with Crippen molar-refractivity contribution in [2.24, 2.45) is 0 Å². The molecule has 3 rings (SSSR count). The second-order valence-corrected chi connectivity index (χ2v) is 8.80. The minimum atomic E-state index is -3.90. The number of benzene rings is 2. The number of halogens is 1. The molecule has 1 unspecified atom stereocenters. The van der Waals surface area contributed by atoms with Gasteiger partial charge in [-0.3, -0.25) is 4.90 Å². The molecule has 1 N–H and O–H groups in total. The van der Waals surface area contributed by atoms with Gasteiger partial charge in [0.05, 0.1) is 17.7 Å². The van der Waals surface area contributed by atoms with Crippen LogP contribution in [-0.2, 0) is 14.8 Å². The van der Waals surface area contributed by atoms with E-state index in [1.54, 1.807) is 0 Å². The van der Waals surface area contributed by atoms with E-state index in [1.807, 2.05) is 30.3 Å². The molecule has 0 radical (unpaired) electrons. The average Bonchev–Trinajstić information content (AvgIpc) is 3.23. The Morgan fingerprint density at radius 2 is 1.86 bits per heavy atom. The van der Waals surface area contributed by atoms with E-state index in [1.165, 1.54) is 25.3 Å². The maximum Gasteiger partial charge on any atom is 0.337 e. The summed E-state index contributed by atoms with van der Waals surface area (Å²) >= 11 is 6.11. The van der Waals surface area contributed by atoms with Crippen molar-refractivity contribution in [2.75, 3.05) is 26.7 Å². The van der Waals surface area contributed by atoms with Crippen molar-refractivity contribution in [2.45, 2.75) is 23.8 Å². The molecule has 28 heavy (non-hydrogen) atoms. The number of methoxy groups -OCH3 is 1. The Kier molecular flexibility index (Phi) is 6.72. The van der Waals surface area contributed by atoms with Crippen LogP contribution in [-0.4, -0.2) is 46.0 Å². The van der Waals surface area contributed by atoms with Crippen LogP contribution in [0.3, 0.4) is 0 Å². The predicted molar refractivity (Wildman–Crippen MR) is 108 cm³/mol. The lowest BCUT2D eigenvalue weighted by atomic mass is 10.1. The van der Waals surface area contributed by atoms with E-state index < -0.39 is 16.0 Å². The van der Waals surface area contributed by atoms with Gasteiger partial charge in [0.1, 0.15) is 4.90 Å². The third kappa shape index (κ3) is 4.72. The quantitative estimate of drug-likeness (QED) is 0.693. The lowest BCUT2D eigenvalue weighted by Crippen LogP contribution is -2.36. The first-order valence-electron chi connectivity index (χ1n) is 9.09. The van der Waals surface area contributed by atoms with Crippen LogP contribution in [0.4, 0.5) is 0 Å². The standard InChI is InChI=1S/C20H23ClN2O4S/c1-27-20(24)16-9-10-17(21)19(13-16)28(25,26)22-14-18(23-11-5-6-12-23)15-7-3-2-4-8-15/h2-4,7-10,13,18,22H,5-6,11-12,14H2,1H3. The van der Waals surface area contributed by atoms with Crippen molar-refractivity contribution in [3.8, 4) is 0 Å². The number of rotatable bonds is 7. The maximum absolute atomic E-state index is 12.9. The molecule has 8 heteroatoms. The highest BCUT2D eigenvalue weighted by Crippen LogP contribution is 2.27. The second kappa shape index (κ2) is 9.05. The van der Waals surface area contributed by atoms with Gasteiger partial charge >= 0.3 is 5.97 Å². The number of hydrogen-bond acceptors (Lipinski definition) is 5. The molecule has 0 saturated carbocycles. The summed E-state index contributed by atoms with van der Waals surface area (Å²) in [5.41, 5.74) is 1.19. The number of nitrogens with one attached hydrogen (secondary N) is 1. The molecule has 0 spiro atoms. The van der Waals surface area contributed by atoms with Gasteiger partial charge in [0.25, 0.3) is 0 Å². The largest absolute Gasteiger partial charge is 0.465 e. The number of esters is 1. The summed E-state index contributed by atoms with van der Waals surface area (Å²) in [7, 11) is -2.66. The molecule has 2 aromatic carbocycles. The van der Waals surface area contributed by atoms with E-state index >= 15 is 0 Å². The van der Waals surface area contributed by atoms with Crippen molar-refractivity contribution in [3.05, 3.63) is 64.7 Å². The topological polar surface area (TPSA) is 75.7 Å². The molecule has 1 saturated heterocycles. The molecule has 0 amide bonds. The molecular weight excluding hydrogens is 400 g/mol. The lowest BCUT2D eigenvalue weighted by molar-refractivity contribution is 0.0600. The summed E-state index contributed by atoms with van der Waals surface area (Å²) in [5, 5.41) is 0.0533. The minimum Gasteiger partial charge on any atom is -0.465 e. The van der Waals surface area contributed by atoms with Gasteiger partial charge in [-0.2, -0.15) is 0 Å². The van der Waals surface area contributed by atoms with E-state index in [9.17, 15) is 13.2 Å². The molecule has 1 atom stereocenters. The van der Waals surface area contributed by atoms with Crippen LogP contribution >= 0.6 is 11.6 Å². The van der Waals surface area contributed by atoms with Crippen LogP contribution in [0.15, 0.2) is 53.4 Å². The fourth-order valence-electron chi connectivity index (χ4n) is 3.41. The summed E-state index contributed by atoms with van der Waals surface area (Å²) in [6, 6.07) is 13.8. The number of likely N-dealkylation sites (tertiary alicyclic amines) is 1. The van der Waals surface area contributed by atoms with Crippen LogP contribution in [0, 0.1) is 0 Å². The van der Waals surface area contributed by atoms with Gasteiger partial charge in [0.15, 0.2) is 0 Å². The summed E-state index contributed by atoms with van der Waals surface area (Å²) in [6.07, 6.45) is 2.20. The molecule has 1 aliphatic heterocycles. The van der Waals surface area contributed by atoms with Crippen LogP contribution in [0.5, 0.6) is 0 Å². The second-order valence-electron chi connectivity index (χ2n) is 6.66. The normalized spacial score (nSPS) is 16.1. The number of carbonyl (C=O) groups excluding carboxylic acids is 1. The highest BCUT2D eigenvalue weighted by molar-refractivity contribution is 7.89. The average molecular weight is 423 g/mol. The Morgan fingerprint density at radius 3 is 2.50 bits per heavy atom. The minimum absolute atomic E-state index is 0.0533. The highest BCUT2D eigenvalue weighted by atomic mass is 35.5. The summed E-state index contributed by atoms with van der Waals surface area (Å²) in [5.74, 6) is -0.618.